The van der Waals surface area contributed by atoms with Gasteiger partial charge >= 0.3 is 0 Å². The third-order valence-corrected chi connectivity index (χ3v) is 5.36. The Bertz CT molecular complexity index is 753. The summed E-state index contributed by atoms with van der Waals surface area (Å²) in [6, 6.07) is 5.60. The number of rotatable bonds is 6. The van der Waals surface area contributed by atoms with E-state index >= 15 is 0 Å². The highest BCUT2D eigenvalue weighted by molar-refractivity contribution is 6.02. The Morgan fingerprint density at radius 3 is 2.54 bits per heavy atom. The maximum atomic E-state index is 13.0. The molecule has 0 atom stereocenters. The standard InChI is InChI=1S/C20H26F2N2O4/c1-19(21,22)7-6-18(25)24-10-8-20(9-11-24)13-15(23-28-20)14-4-5-16(26-2)17(12-14)27-3/h4-5,12H,6-11,13H2,1-3H3. The summed E-state index contributed by atoms with van der Waals surface area (Å²) in [7, 11) is 3.16. The predicted molar refractivity (Wildman–Crippen MR) is 100 cm³/mol. The van der Waals surface area contributed by atoms with E-state index in [4.69, 9.17) is 14.3 Å². The summed E-state index contributed by atoms with van der Waals surface area (Å²) in [5, 5.41) is 4.27. The summed E-state index contributed by atoms with van der Waals surface area (Å²) in [4.78, 5) is 19.6. The van der Waals surface area contributed by atoms with Crippen LogP contribution in [0.15, 0.2) is 23.4 Å². The molecule has 2 aliphatic rings. The van der Waals surface area contributed by atoms with E-state index in [1.54, 1.807) is 19.1 Å². The number of piperidine rings is 1. The normalized spacial score (nSPS) is 18.6. The summed E-state index contributed by atoms with van der Waals surface area (Å²) in [5.41, 5.74) is 1.29. The number of hydrogen-bond acceptors (Lipinski definition) is 5. The summed E-state index contributed by atoms with van der Waals surface area (Å²) in [5.74, 6) is -1.78. The smallest absolute Gasteiger partial charge is 0.245 e. The lowest BCUT2D eigenvalue weighted by Gasteiger charge is -2.37. The number of likely N-dealkylation sites (tertiary alicyclic amines) is 1. The highest BCUT2D eigenvalue weighted by atomic mass is 19.3. The van der Waals surface area contributed by atoms with Gasteiger partial charge in [-0.15, -0.1) is 0 Å². The van der Waals surface area contributed by atoms with E-state index in [9.17, 15) is 13.6 Å². The minimum atomic E-state index is -2.82. The Labute approximate surface area is 163 Å². The molecule has 0 bridgehead atoms. The lowest BCUT2D eigenvalue weighted by molar-refractivity contribution is -0.138. The molecule has 1 spiro atoms. The van der Waals surface area contributed by atoms with Crippen LogP contribution in [0.1, 0.15) is 44.6 Å². The van der Waals surface area contributed by atoms with Crippen LogP contribution in [-0.2, 0) is 9.63 Å². The highest BCUT2D eigenvalue weighted by Crippen LogP contribution is 2.38. The van der Waals surface area contributed by atoms with Crippen molar-refractivity contribution in [1.82, 2.24) is 4.90 Å². The summed E-state index contributed by atoms with van der Waals surface area (Å²) < 4.78 is 36.5. The summed E-state index contributed by atoms with van der Waals surface area (Å²) in [6.45, 7) is 1.82. The van der Waals surface area contributed by atoms with Crippen molar-refractivity contribution in [2.45, 2.75) is 50.6 Å². The maximum absolute atomic E-state index is 13.0. The molecule has 6 nitrogen and oxygen atoms in total. The Morgan fingerprint density at radius 2 is 1.93 bits per heavy atom. The van der Waals surface area contributed by atoms with Crippen LogP contribution in [0.4, 0.5) is 8.78 Å². The van der Waals surface area contributed by atoms with Gasteiger partial charge in [0.1, 0.15) is 5.60 Å². The molecule has 0 saturated carbocycles. The van der Waals surface area contributed by atoms with E-state index in [0.717, 1.165) is 18.2 Å². The van der Waals surface area contributed by atoms with Crippen molar-refractivity contribution in [3.8, 4) is 11.5 Å². The molecule has 0 N–H and O–H groups in total. The second-order valence-electron chi connectivity index (χ2n) is 7.51. The fourth-order valence-corrected chi connectivity index (χ4v) is 3.61. The van der Waals surface area contributed by atoms with Crippen LogP contribution < -0.4 is 9.47 Å². The molecule has 0 radical (unpaired) electrons. The first-order valence-corrected chi connectivity index (χ1v) is 9.38. The van der Waals surface area contributed by atoms with E-state index in [2.05, 4.69) is 5.16 Å². The van der Waals surface area contributed by atoms with E-state index in [0.29, 0.717) is 43.9 Å². The van der Waals surface area contributed by atoms with Crippen molar-refractivity contribution >= 4 is 11.6 Å². The van der Waals surface area contributed by atoms with Crippen LogP contribution in [0.25, 0.3) is 0 Å². The molecule has 1 aromatic carbocycles. The van der Waals surface area contributed by atoms with E-state index < -0.39 is 17.9 Å². The molecule has 0 aliphatic carbocycles. The number of amides is 1. The van der Waals surface area contributed by atoms with Crippen molar-refractivity contribution in [2.75, 3.05) is 27.3 Å². The average molecular weight is 396 g/mol. The topological polar surface area (TPSA) is 60.4 Å². The molecular formula is C20H26F2N2O4. The second kappa shape index (κ2) is 7.93. The van der Waals surface area contributed by atoms with Gasteiger partial charge in [0.2, 0.25) is 11.8 Å². The molecule has 154 valence electrons. The molecule has 2 heterocycles. The largest absolute Gasteiger partial charge is 0.493 e. The lowest BCUT2D eigenvalue weighted by Crippen LogP contribution is -2.47. The minimum Gasteiger partial charge on any atom is -0.493 e. The number of carbonyl (C=O) groups excluding carboxylic acids is 1. The third kappa shape index (κ3) is 4.54. The number of alkyl halides is 2. The van der Waals surface area contributed by atoms with Gasteiger partial charge in [-0.2, -0.15) is 0 Å². The zero-order chi connectivity index (χ0) is 20.4. The van der Waals surface area contributed by atoms with Gasteiger partial charge in [0.05, 0.1) is 19.9 Å². The van der Waals surface area contributed by atoms with Crippen LogP contribution in [-0.4, -0.2) is 55.4 Å². The third-order valence-electron chi connectivity index (χ3n) is 5.36. The van der Waals surface area contributed by atoms with Crippen molar-refractivity contribution in [1.29, 1.82) is 0 Å². The van der Waals surface area contributed by atoms with Crippen LogP contribution in [0.3, 0.4) is 0 Å². The van der Waals surface area contributed by atoms with E-state index in [1.807, 2.05) is 18.2 Å². The van der Waals surface area contributed by atoms with Crippen molar-refractivity contribution in [3.05, 3.63) is 23.8 Å². The fraction of sp³-hybridized carbons (Fsp3) is 0.600. The molecule has 0 unspecified atom stereocenters. The van der Waals surface area contributed by atoms with Gasteiger partial charge in [-0.3, -0.25) is 4.79 Å². The second-order valence-corrected chi connectivity index (χ2v) is 7.51. The maximum Gasteiger partial charge on any atom is 0.245 e. The molecule has 0 aromatic heterocycles. The molecule has 3 rings (SSSR count). The number of benzene rings is 1. The van der Waals surface area contributed by atoms with Crippen molar-refractivity contribution in [2.24, 2.45) is 5.16 Å². The Hall–Kier alpha value is -2.38. The number of methoxy groups -OCH3 is 2. The van der Waals surface area contributed by atoms with Crippen LogP contribution in [0.5, 0.6) is 11.5 Å². The summed E-state index contributed by atoms with van der Waals surface area (Å²) >= 11 is 0. The number of oxime groups is 1. The van der Waals surface area contributed by atoms with E-state index in [1.165, 1.54) is 0 Å². The van der Waals surface area contributed by atoms with Crippen molar-refractivity contribution in [3.63, 3.8) is 0 Å². The molecule has 1 aromatic rings. The molecule has 2 aliphatic heterocycles. The van der Waals surface area contributed by atoms with Crippen LogP contribution in [0.2, 0.25) is 0 Å². The molecule has 1 fully saturated rings. The monoisotopic (exact) mass is 396 g/mol. The fourth-order valence-electron chi connectivity index (χ4n) is 3.61. The van der Waals surface area contributed by atoms with Crippen LogP contribution >= 0.6 is 0 Å². The van der Waals surface area contributed by atoms with Crippen LogP contribution in [0, 0.1) is 0 Å². The Morgan fingerprint density at radius 1 is 1.25 bits per heavy atom. The molecular weight excluding hydrogens is 370 g/mol. The molecule has 28 heavy (non-hydrogen) atoms. The first kappa shape index (κ1) is 20.4. The van der Waals surface area contributed by atoms with Gasteiger partial charge in [-0.1, -0.05) is 5.16 Å². The van der Waals surface area contributed by atoms with Gasteiger partial charge < -0.3 is 19.2 Å². The van der Waals surface area contributed by atoms with Gasteiger partial charge in [0.25, 0.3) is 0 Å². The first-order valence-electron chi connectivity index (χ1n) is 9.38. The van der Waals surface area contributed by atoms with Gasteiger partial charge in [0, 0.05) is 50.8 Å². The number of nitrogens with zero attached hydrogens (tertiary/aromatic N) is 2. The van der Waals surface area contributed by atoms with E-state index in [-0.39, 0.29) is 12.3 Å². The zero-order valence-corrected chi connectivity index (χ0v) is 16.5. The number of ether oxygens (including phenoxy) is 2. The first-order chi connectivity index (χ1) is 13.3. The number of carbonyl (C=O) groups is 1. The number of halogens is 2. The SMILES string of the molecule is COc1ccc(C2=NOC3(CCN(C(=O)CCC(C)(F)F)CC3)C2)cc1OC. The average Bonchev–Trinajstić information content (AvgIpc) is 3.09. The minimum absolute atomic E-state index is 0.134. The van der Waals surface area contributed by atoms with Gasteiger partial charge in [0.15, 0.2) is 11.5 Å². The number of hydrogen-bond donors (Lipinski definition) is 0. The van der Waals surface area contributed by atoms with Crippen molar-refractivity contribution < 1.29 is 27.9 Å². The van der Waals surface area contributed by atoms with Gasteiger partial charge in [-0.25, -0.2) is 8.78 Å². The Kier molecular flexibility index (Phi) is 5.76. The quantitative estimate of drug-likeness (QED) is 0.737. The van der Waals surface area contributed by atoms with Gasteiger partial charge in [-0.05, 0) is 25.1 Å². The lowest BCUT2D eigenvalue weighted by atomic mass is 9.85. The highest BCUT2D eigenvalue weighted by Gasteiger charge is 2.43. The zero-order valence-electron chi connectivity index (χ0n) is 16.5. The molecule has 8 heteroatoms. The molecule has 1 saturated heterocycles. The summed E-state index contributed by atoms with van der Waals surface area (Å²) in [6.07, 6.45) is 1.34. The Balaban J connectivity index is 1.58. The molecule has 1 amide bonds. The predicted octanol–water partition coefficient (Wildman–Crippen LogP) is 3.62.